The minimum atomic E-state index is -0.518. The number of benzene rings is 2. The number of carbonyl (C=O) groups excluding carboxylic acids is 1. The van der Waals surface area contributed by atoms with Crippen LogP contribution in [0.25, 0.3) is 0 Å². The summed E-state index contributed by atoms with van der Waals surface area (Å²) in [5.41, 5.74) is 13.8. The third kappa shape index (κ3) is 2.13. The number of nitrogen functional groups attached to an aromatic ring is 1. The van der Waals surface area contributed by atoms with Crippen LogP contribution in [0.15, 0.2) is 48.5 Å². The number of nitrogens with two attached hydrogens (primary N) is 2. The van der Waals surface area contributed by atoms with E-state index in [2.05, 4.69) is 0 Å². The number of hydrogen-bond donors (Lipinski definition) is 2. The molecule has 0 radical (unpaired) electrons. The van der Waals surface area contributed by atoms with Gasteiger partial charge in [-0.1, -0.05) is 24.3 Å². The first-order chi connectivity index (χ1) is 8.61. The Morgan fingerprint density at radius 2 is 1.72 bits per heavy atom. The minimum Gasteiger partial charge on any atom is -0.396 e. The van der Waals surface area contributed by atoms with Crippen LogP contribution in [0.5, 0.6) is 0 Å². The first-order valence-electron chi connectivity index (χ1n) is 5.58. The average molecular weight is 241 g/mol. The number of rotatable bonds is 3. The van der Waals surface area contributed by atoms with Crippen LogP contribution in [-0.4, -0.2) is 13.0 Å². The van der Waals surface area contributed by atoms with Crippen LogP contribution in [0.2, 0.25) is 0 Å². The Morgan fingerprint density at radius 3 is 2.33 bits per heavy atom. The fraction of sp³-hybridized carbons (Fsp3) is 0.0714. The van der Waals surface area contributed by atoms with Crippen LogP contribution >= 0.6 is 0 Å². The van der Waals surface area contributed by atoms with Gasteiger partial charge in [0.15, 0.2) is 0 Å². The second-order valence-corrected chi connectivity index (χ2v) is 4.00. The third-order valence-electron chi connectivity index (χ3n) is 2.85. The normalized spacial score (nSPS) is 10.1. The summed E-state index contributed by atoms with van der Waals surface area (Å²) in [6.07, 6.45) is 0. The summed E-state index contributed by atoms with van der Waals surface area (Å²) in [7, 11) is 1.89. The summed E-state index contributed by atoms with van der Waals surface area (Å²) in [6.45, 7) is 0. The molecule has 2 aromatic carbocycles. The van der Waals surface area contributed by atoms with Crippen molar-refractivity contribution >= 4 is 23.0 Å². The lowest BCUT2D eigenvalue weighted by atomic mass is 10.1. The predicted molar refractivity (Wildman–Crippen MR) is 73.9 cm³/mol. The first kappa shape index (κ1) is 12.0. The SMILES string of the molecule is CN(c1ccccc1)c1cccc(C(N)=O)c1N. The molecule has 0 aromatic heterocycles. The minimum absolute atomic E-state index is 0.343. The third-order valence-corrected chi connectivity index (χ3v) is 2.85. The van der Waals surface area contributed by atoms with E-state index in [0.717, 1.165) is 11.4 Å². The molecule has 1 amide bonds. The van der Waals surface area contributed by atoms with Crippen LogP contribution in [0.3, 0.4) is 0 Å². The Kier molecular flexibility index (Phi) is 3.19. The summed E-state index contributed by atoms with van der Waals surface area (Å²) in [4.78, 5) is 13.2. The molecule has 4 heteroatoms. The molecular weight excluding hydrogens is 226 g/mol. The molecule has 0 heterocycles. The molecule has 0 bridgehead atoms. The van der Waals surface area contributed by atoms with E-state index in [1.165, 1.54) is 0 Å². The molecule has 4 nitrogen and oxygen atoms in total. The van der Waals surface area contributed by atoms with Gasteiger partial charge in [0.2, 0.25) is 0 Å². The molecule has 0 aliphatic heterocycles. The van der Waals surface area contributed by atoms with Crippen molar-refractivity contribution in [3.63, 3.8) is 0 Å². The molecule has 2 aromatic rings. The van der Waals surface area contributed by atoms with Crippen molar-refractivity contribution in [3.05, 3.63) is 54.1 Å². The van der Waals surface area contributed by atoms with Crippen molar-refractivity contribution in [1.29, 1.82) is 0 Å². The number of nitrogens with zero attached hydrogens (tertiary/aromatic N) is 1. The second-order valence-electron chi connectivity index (χ2n) is 4.00. The number of carbonyl (C=O) groups is 1. The molecule has 92 valence electrons. The van der Waals surface area contributed by atoms with Crippen LogP contribution in [0.1, 0.15) is 10.4 Å². The van der Waals surface area contributed by atoms with Crippen molar-refractivity contribution in [2.75, 3.05) is 17.7 Å². The molecule has 2 rings (SSSR count). The number of hydrogen-bond acceptors (Lipinski definition) is 3. The summed E-state index contributed by atoms with van der Waals surface area (Å²) in [5.74, 6) is -0.518. The quantitative estimate of drug-likeness (QED) is 0.808. The van der Waals surface area contributed by atoms with Crippen molar-refractivity contribution in [2.24, 2.45) is 5.73 Å². The largest absolute Gasteiger partial charge is 0.396 e. The van der Waals surface area contributed by atoms with Crippen molar-refractivity contribution in [2.45, 2.75) is 0 Å². The van der Waals surface area contributed by atoms with Gasteiger partial charge in [0, 0.05) is 12.7 Å². The van der Waals surface area contributed by atoms with E-state index >= 15 is 0 Å². The van der Waals surface area contributed by atoms with Gasteiger partial charge in [-0.05, 0) is 24.3 Å². The summed E-state index contributed by atoms with van der Waals surface area (Å²) in [6, 6.07) is 15.0. The molecule has 18 heavy (non-hydrogen) atoms. The van der Waals surface area contributed by atoms with Crippen molar-refractivity contribution in [3.8, 4) is 0 Å². The smallest absolute Gasteiger partial charge is 0.250 e. The molecule has 0 atom stereocenters. The molecule has 0 saturated carbocycles. The molecule has 0 fully saturated rings. The molecule has 0 saturated heterocycles. The Bertz CT molecular complexity index is 567. The van der Waals surface area contributed by atoms with Gasteiger partial charge in [-0.15, -0.1) is 0 Å². The zero-order valence-corrected chi connectivity index (χ0v) is 10.1. The highest BCUT2D eigenvalue weighted by Gasteiger charge is 2.13. The fourth-order valence-corrected chi connectivity index (χ4v) is 1.85. The molecule has 0 spiro atoms. The van der Waals surface area contributed by atoms with Crippen LogP contribution in [0, 0.1) is 0 Å². The van der Waals surface area contributed by atoms with Crippen LogP contribution in [-0.2, 0) is 0 Å². The maximum Gasteiger partial charge on any atom is 0.250 e. The summed E-state index contributed by atoms with van der Waals surface area (Å²) < 4.78 is 0. The highest BCUT2D eigenvalue weighted by Crippen LogP contribution is 2.30. The number of amides is 1. The number of para-hydroxylation sites is 2. The zero-order chi connectivity index (χ0) is 13.1. The Balaban J connectivity index is 2.46. The van der Waals surface area contributed by atoms with Gasteiger partial charge in [-0.25, -0.2) is 0 Å². The number of anilines is 3. The second kappa shape index (κ2) is 4.79. The van der Waals surface area contributed by atoms with Gasteiger partial charge < -0.3 is 16.4 Å². The van der Waals surface area contributed by atoms with Crippen LogP contribution < -0.4 is 16.4 Å². The Hall–Kier alpha value is -2.49. The lowest BCUT2D eigenvalue weighted by Gasteiger charge is -2.22. The van der Waals surface area contributed by atoms with Gasteiger partial charge in [-0.2, -0.15) is 0 Å². The summed E-state index contributed by atoms with van der Waals surface area (Å²) in [5, 5.41) is 0. The van der Waals surface area contributed by atoms with Gasteiger partial charge >= 0.3 is 0 Å². The Labute approximate surface area is 106 Å². The van der Waals surface area contributed by atoms with E-state index < -0.39 is 5.91 Å². The van der Waals surface area contributed by atoms with E-state index in [9.17, 15) is 4.79 Å². The molecular formula is C14H15N3O. The maximum absolute atomic E-state index is 11.3. The van der Waals surface area contributed by atoms with Crippen LogP contribution in [0.4, 0.5) is 17.1 Å². The van der Waals surface area contributed by atoms with E-state index in [1.54, 1.807) is 12.1 Å². The standard InChI is InChI=1S/C14H15N3O/c1-17(10-6-3-2-4-7-10)12-9-5-8-11(13(12)15)14(16)18/h2-9H,15H2,1H3,(H2,16,18). The van der Waals surface area contributed by atoms with Gasteiger partial charge in [-0.3, -0.25) is 4.79 Å². The number of primary amides is 1. The fourth-order valence-electron chi connectivity index (χ4n) is 1.85. The average Bonchev–Trinajstić information content (AvgIpc) is 2.39. The zero-order valence-electron chi connectivity index (χ0n) is 10.1. The Morgan fingerprint density at radius 1 is 1.06 bits per heavy atom. The van der Waals surface area contributed by atoms with Gasteiger partial charge in [0.25, 0.3) is 5.91 Å². The van der Waals surface area contributed by atoms with Gasteiger partial charge in [0.1, 0.15) is 0 Å². The maximum atomic E-state index is 11.3. The molecule has 4 N–H and O–H groups in total. The van der Waals surface area contributed by atoms with Crippen molar-refractivity contribution < 1.29 is 4.79 Å². The highest BCUT2D eigenvalue weighted by atomic mass is 16.1. The topological polar surface area (TPSA) is 72.3 Å². The lowest BCUT2D eigenvalue weighted by Crippen LogP contribution is -2.17. The lowest BCUT2D eigenvalue weighted by molar-refractivity contribution is 0.100. The highest BCUT2D eigenvalue weighted by molar-refractivity contribution is 6.01. The monoisotopic (exact) mass is 241 g/mol. The molecule has 0 aliphatic carbocycles. The van der Waals surface area contributed by atoms with E-state index in [0.29, 0.717) is 11.3 Å². The molecule has 0 unspecified atom stereocenters. The predicted octanol–water partition coefficient (Wildman–Crippen LogP) is 2.14. The van der Waals surface area contributed by atoms with Gasteiger partial charge in [0.05, 0.1) is 16.9 Å². The van der Waals surface area contributed by atoms with E-state index in [1.807, 2.05) is 48.3 Å². The van der Waals surface area contributed by atoms with E-state index in [4.69, 9.17) is 11.5 Å². The first-order valence-corrected chi connectivity index (χ1v) is 5.58. The summed E-state index contributed by atoms with van der Waals surface area (Å²) >= 11 is 0. The van der Waals surface area contributed by atoms with E-state index in [-0.39, 0.29) is 0 Å². The van der Waals surface area contributed by atoms with Crippen molar-refractivity contribution in [1.82, 2.24) is 0 Å². The molecule has 0 aliphatic rings.